The maximum absolute atomic E-state index is 11.1. The van der Waals surface area contributed by atoms with Crippen molar-refractivity contribution in [3.63, 3.8) is 0 Å². The number of hydrogen-bond donors (Lipinski definition) is 2. The van der Waals surface area contributed by atoms with E-state index >= 15 is 0 Å². The third-order valence-corrected chi connectivity index (χ3v) is 2.91. The van der Waals surface area contributed by atoms with Gasteiger partial charge in [0.05, 0.1) is 11.3 Å². The van der Waals surface area contributed by atoms with Crippen LogP contribution in [0.1, 0.15) is 16.1 Å². The van der Waals surface area contributed by atoms with Crippen LogP contribution in [-0.4, -0.2) is 27.4 Å². The third-order valence-electron chi connectivity index (χ3n) is 2.68. The van der Waals surface area contributed by atoms with E-state index in [1.807, 2.05) is 19.3 Å². The Morgan fingerprint density at radius 2 is 2.26 bits per heavy atom. The van der Waals surface area contributed by atoms with Crippen LogP contribution in [0.2, 0.25) is 5.02 Å². The maximum atomic E-state index is 11.1. The van der Waals surface area contributed by atoms with Crippen molar-refractivity contribution >= 4 is 23.3 Å². The van der Waals surface area contributed by atoms with E-state index in [-0.39, 0.29) is 5.56 Å². The standard InChI is InChI=1S/C13H14ClN3O2/c1-17-7-5-10(16-17)4-6-15-12-3-2-9(14)8-11(12)13(18)19/h2-3,5,7-8,15H,4,6H2,1H3,(H,18,19). The van der Waals surface area contributed by atoms with Crippen LogP contribution in [0.5, 0.6) is 0 Å². The maximum Gasteiger partial charge on any atom is 0.337 e. The third kappa shape index (κ3) is 3.48. The number of carbonyl (C=O) groups is 1. The fraction of sp³-hybridized carbons (Fsp3) is 0.231. The largest absolute Gasteiger partial charge is 0.478 e. The molecule has 0 spiro atoms. The number of aryl methyl sites for hydroxylation is 1. The van der Waals surface area contributed by atoms with Gasteiger partial charge in [-0.1, -0.05) is 11.6 Å². The fourth-order valence-corrected chi connectivity index (χ4v) is 1.94. The minimum atomic E-state index is -0.997. The number of rotatable bonds is 5. The van der Waals surface area contributed by atoms with Gasteiger partial charge in [-0.3, -0.25) is 4.68 Å². The van der Waals surface area contributed by atoms with Crippen LogP contribution >= 0.6 is 11.6 Å². The quantitative estimate of drug-likeness (QED) is 0.882. The van der Waals surface area contributed by atoms with Gasteiger partial charge < -0.3 is 10.4 Å². The molecule has 2 N–H and O–H groups in total. The number of nitrogens with zero attached hydrogens (tertiary/aromatic N) is 2. The molecule has 0 bridgehead atoms. The first-order valence-electron chi connectivity index (χ1n) is 5.81. The lowest BCUT2D eigenvalue weighted by Crippen LogP contribution is -2.10. The Kier molecular flexibility index (Phi) is 4.06. The van der Waals surface area contributed by atoms with Crippen molar-refractivity contribution in [2.75, 3.05) is 11.9 Å². The smallest absolute Gasteiger partial charge is 0.337 e. The van der Waals surface area contributed by atoms with E-state index in [2.05, 4.69) is 10.4 Å². The Hall–Kier alpha value is -2.01. The number of halogens is 1. The SMILES string of the molecule is Cn1ccc(CCNc2ccc(Cl)cc2C(=O)O)n1. The number of nitrogens with one attached hydrogen (secondary N) is 1. The predicted molar refractivity (Wildman–Crippen MR) is 73.8 cm³/mol. The zero-order chi connectivity index (χ0) is 13.8. The Morgan fingerprint density at radius 3 is 2.89 bits per heavy atom. The van der Waals surface area contributed by atoms with E-state index in [4.69, 9.17) is 16.7 Å². The van der Waals surface area contributed by atoms with Gasteiger partial charge in [-0.15, -0.1) is 0 Å². The van der Waals surface area contributed by atoms with E-state index in [9.17, 15) is 4.79 Å². The summed E-state index contributed by atoms with van der Waals surface area (Å²) in [7, 11) is 1.86. The highest BCUT2D eigenvalue weighted by molar-refractivity contribution is 6.31. The van der Waals surface area contributed by atoms with Gasteiger partial charge in [0.15, 0.2) is 0 Å². The molecule has 0 saturated carbocycles. The lowest BCUT2D eigenvalue weighted by molar-refractivity contribution is 0.0698. The van der Waals surface area contributed by atoms with Crippen molar-refractivity contribution in [1.82, 2.24) is 9.78 Å². The molecule has 100 valence electrons. The van der Waals surface area contributed by atoms with Crippen LogP contribution < -0.4 is 5.32 Å². The van der Waals surface area contributed by atoms with E-state index in [1.165, 1.54) is 6.07 Å². The van der Waals surface area contributed by atoms with Gasteiger partial charge in [0, 0.05) is 36.9 Å². The topological polar surface area (TPSA) is 67.2 Å². The van der Waals surface area contributed by atoms with Crippen LogP contribution in [0, 0.1) is 0 Å². The Bertz CT molecular complexity index is 595. The number of benzene rings is 1. The van der Waals surface area contributed by atoms with E-state index < -0.39 is 5.97 Å². The van der Waals surface area contributed by atoms with Crippen molar-refractivity contribution in [2.45, 2.75) is 6.42 Å². The zero-order valence-electron chi connectivity index (χ0n) is 10.4. The van der Waals surface area contributed by atoms with Crippen LogP contribution in [0.3, 0.4) is 0 Å². The molecule has 0 amide bonds. The van der Waals surface area contributed by atoms with E-state index in [1.54, 1.807) is 16.8 Å². The van der Waals surface area contributed by atoms with Crippen molar-refractivity contribution in [2.24, 2.45) is 7.05 Å². The number of aromatic nitrogens is 2. The van der Waals surface area contributed by atoms with Gasteiger partial charge in [-0.2, -0.15) is 5.10 Å². The molecule has 0 aliphatic rings. The number of carboxylic acid groups (broad SMARTS) is 1. The predicted octanol–water partition coefficient (Wildman–Crippen LogP) is 2.43. The average molecular weight is 280 g/mol. The normalized spacial score (nSPS) is 10.4. The molecule has 2 rings (SSSR count). The summed E-state index contributed by atoms with van der Waals surface area (Å²) in [5.41, 5.74) is 1.70. The Labute approximate surface area is 115 Å². The lowest BCUT2D eigenvalue weighted by Gasteiger charge is -2.09. The molecular formula is C13H14ClN3O2. The summed E-state index contributed by atoms with van der Waals surface area (Å²) < 4.78 is 1.74. The molecule has 5 nitrogen and oxygen atoms in total. The number of aromatic carboxylic acids is 1. The second kappa shape index (κ2) is 5.75. The van der Waals surface area contributed by atoms with E-state index in [0.29, 0.717) is 17.3 Å². The number of anilines is 1. The minimum absolute atomic E-state index is 0.175. The molecule has 0 aliphatic heterocycles. The molecule has 1 heterocycles. The zero-order valence-corrected chi connectivity index (χ0v) is 11.2. The van der Waals surface area contributed by atoms with Gasteiger partial charge >= 0.3 is 5.97 Å². The van der Waals surface area contributed by atoms with E-state index in [0.717, 1.165) is 12.1 Å². The Balaban J connectivity index is 2.01. The fourth-order valence-electron chi connectivity index (χ4n) is 1.77. The molecule has 0 unspecified atom stereocenters. The van der Waals surface area contributed by atoms with Gasteiger partial charge in [0.2, 0.25) is 0 Å². The first kappa shape index (κ1) is 13.4. The lowest BCUT2D eigenvalue weighted by atomic mass is 10.1. The van der Waals surface area contributed by atoms with Crippen molar-refractivity contribution in [3.8, 4) is 0 Å². The highest BCUT2D eigenvalue weighted by atomic mass is 35.5. The molecule has 0 radical (unpaired) electrons. The molecule has 1 aromatic carbocycles. The molecule has 0 aliphatic carbocycles. The summed E-state index contributed by atoms with van der Waals surface area (Å²) >= 11 is 5.79. The van der Waals surface area contributed by atoms with Crippen molar-refractivity contribution < 1.29 is 9.90 Å². The second-order valence-electron chi connectivity index (χ2n) is 4.15. The van der Waals surface area contributed by atoms with Crippen LogP contribution in [0.4, 0.5) is 5.69 Å². The van der Waals surface area contributed by atoms with Crippen molar-refractivity contribution in [1.29, 1.82) is 0 Å². The molecule has 2 aromatic rings. The monoisotopic (exact) mass is 279 g/mol. The first-order valence-corrected chi connectivity index (χ1v) is 6.19. The van der Waals surface area contributed by atoms with Gasteiger partial charge in [-0.25, -0.2) is 4.79 Å². The van der Waals surface area contributed by atoms with Gasteiger partial charge in [0.25, 0.3) is 0 Å². The summed E-state index contributed by atoms with van der Waals surface area (Å²) in [5, 5.41) is 16.8. The summed E-state index contributed by atoms with van der Waals surface area (Å²) in [6, 6.07) is 6.70. The minimum Gasteiger partial charge on any atom is -0.478 e. The van der Waals surface area contributed by atoms with Crippen LogP contribution in [-0.2, 0) is 13.5 Å². The van der Waals surface area contributed by atoms with Crippen LogP contribution in [0.25, 0.3) is 0 Å². The molecule has 19 heavy (non-hydrogen) atoms. The summed E-state index contributed by atoms with van der Waals surface area (Å²) in [5.74, 6) is -0.997. The number of carboxylic acids is 1. The number of hydrogen-bond acceptors (Lipinski definition) is 3. The molecular weight excluding hydrogens is 266 g/mol. The van der Waals surface area contributed by atoms with Gasteiger partial charge in [0.1, 0.15) is 0 Å². The first-order chi connectivity index (χ1) is 9.06. The highest BCUT2D eigenvalue weighted by Crippen LogP contribution is 2.20. The van der Waals surface area contributed by atoms with Crippen molar-refractivity contribution in [3.05, 3.63) is 46.7 Å². The summed E-state index contributed by atoms with van der Waals surface area (Å²) in [4.78, 5) is 11.1. The van der Waals surface area contributed by atoms with Crippen LogP contribution in [0.15, 0.2) is 30.5 Å². The molecule has 1 aromatic heterocycles. The second-order valence-corrected chi connectivity index (χ2v) is 4.59. The van der Waals surface area contributed by atoms with Gasteiger partial charge in [-0.05, 0) is 24.3 Å². The highest BCUT2D eigenvalue weighted by Gasteiger charge is 2.10. The molecule has 0 saturated heterocycles. The molecule has 0 atom stereocenters. The Morgan fingerprint density at radius 1 is 1.47 bits per heavy atom. The summed E-state index contributed by atoms with van der Waals surface area (Å²) in [6.45, 7) is 0.610. The molecule has 0 fully saturated rings. The average Bonchev–Trinajstić information content (AvgIpc) is 2.77. The summed E-state index contributed by atoms with van der Waals surface area (Å²) in [6.07, 6.45) is 2.60. The molecule has 6 heteroatoms.